The van der Waals surface area contributed by atoms with Gasteiger partial charge < -0.3 is 15.4 Å². The number of hydrogen-bond acceptors (Lipinski definition) is 3. The van der Waals surface area contributed by atoms with Gasteiger partial charge >= 0.3 is 0 Å². The van der Waals surface area contributed by atoms with Crippen LogP contribution in [0.1, 0.15) is 32.1 Å². The highest BCUT2D eigenvalue weighted by molar-refractivity contribution is 5.79. The fourth-order valence-corrected chi connectivity index (χ4v) is 5.45. The second-order valence-corrected chi connectivity index (χ2v) is 7.43. The van der Waals surface area contributed by atoms with E-state index in [2.05, 4.69) is 10.6 Å². The van der Waals surface area contributed by atoms with Gasteiger partial charge in [0, 0.05) is 25.0 Å². The van der Waals surface area contributed by atoms with Crippen molar-refractivity contribution in [3.05, 3.63) is 0 Å². The van der Waals surface area contributed by atoms with Crippen LogP contribution in [0.4, 0.5) is 0 Å². The molecule has 0 aromatic heterocycles. The molecule has 5 aliphatic rings. The lowest BCUT2D eigenvalue weighted by Crippen LogP contribution is -2.54. The zero-order chi connectivity index (χ0) is 13.5. The fraction of sp³-hybridized carbons (Fsp3) is 0.938. The molecule has 0 radical (unpaired) electrons. The van der Waals surface area contributed by atoms with Crippen LogP contribution < -0.4 is 10.6 Å². The van der Waals surface area contributed by atoms with E-state index < -0.39 is 0 Å². The molecule has 1 amide bonds. The first-order chi connectivity index (χ1) is 9.79. The van der Waals surface area contributed by atoms with E-state index in [-0.39, 0.29) is 0 Å². The summed E-state index contributed by atoms with van der Waals surface area (Å²) in [5, 5.41) is 6.60. The maximum atomic E-state index is 12.6. The van der Waals surface area contributed by atoms with Gasteiger partial charge in [0.1, 0.15) is 0 Å². The molecule has 0 spiro atoms. The summed E-state index contributed by atoms with van der Waals surface area (Å²) in [6.07, 6.45) is 6.71. The lowest BCUT2D eigenvalue weighted by atomic mass is 9.51. The third kappa shape index (κ3) is 2.37. The Labute approximate surface area is 121 Å². The van der Waals surface area contributed by atoms with Crippen LogP contribution in [-0.4, -0.2) is 38.3 Å². The van der Waals surface area contributed by atoms with Gasteiger partial charge in [-0.25, -0.2) is 0 Å². The highest BCUT2D eigenvalue weighted by atomic mass is 16.5. The lowest BCUT2D eigenvalue weighted by molar-refractivity contribution is -0.138. The maximum absolute atomic E-state index is 12.6. The van der Waals surface area contributed by atoms with Crippen LogP contribution in [0, 0.1) is 29.6 Å². The van der Waals surface area contributed by atoms with Crippen molar-refractivity contribution in [3.63, 3.8) is 0 Å². The van der Waals surface area contributed by atoms with Crippen LogP contribution in [0.5, 0.6) is 0 Å². The Morgan fingerprint density at radius 1 is 1.10 bits per heavy atom. The summed E-state index contributed by atoms with van der Waals surface area (Å²) in [4.78, 5) is 12.6. The molecule has 4 heteroatoms. The van der Waals surface area contributed by atoms with E-state index in [1.165, 1.54) is 32.1 Å². The number of amides is 1. The number of rotatable bonds is 3. The summed E-state index contributed by atoms with van der Waals surface area (Å²) in [5.74, 6) is 3.88. The average molecular weight is 278 g/mol. The summed E-state index contributed by atoms with van der Waals surface area (Å²) in [7, 11) is 0. The Bertz CT molecular complexity index is 351. The highest BCUT2D eigenvalue weighted by Gasteiger charge is 2.50. The Kier molecular flexibility index (Phi) is 3.47. The number of nitrogens with one attached hydrogen (secondary N) is 2. The van der Waals surface area contributed by atoms with Gasteiger partial charge in [0.15, 0.2) is 0 Å². The first-order valence-corrected chi connectivity index (χ1v) is 8.38. The van der Waals surface area contributed by atoms with Gasteiger partial charge in [-0.2, -0.15) is 0 Å². The SMILES string of the molecule is O=C(NCC1COCCN1)C1C2CC3CC(C2)CC1C3. The number of carbonyl (C=O) groups is 1. The van der Waals surface area contributed by atoms with Crippen molar-refractivity contribution < 1.29 is 9.53 Å². The maximum Gasteiger partial charge on any atom is 0.223 e. The van der Waals surface area contributed by atoms with E-state index >= 15 is 0 Å². The fourth-order valence-electron chi connectivity index (χ4n) is 5.45. The van der Waals surface area contributed by atoms with Crippen LogP contribution >= 0.6 is 0 Å². The molecular formula is C16H26N2O2. The van der Waals surface area contributed by atoms with Crippen molar-refractivity contribution in [2.24, 2.45) is 29.6 Å². The molecule has 1 unspecified atom stereocenters. The van der Waals surface area contributed by atoms with Crippen LogP contribution in [0.15, 0.2) is 0 Å². The summed E-state index contributed by atoms with van der Waals surface area (Å²) >= 11 is 0. The zero-order valence-electron chi connectivity index (χ0n) is 12.1. The standard InChI is InChI=1S/C16H26N2O2/c19-16(18-8-14-9-20-2-1-17-14)15-12-4-10-3-11(6-12)7-13(15)5-10/h10-15,17H,1-9H2,(H,18,19). The normalized spacial score (nSPS) is 46.4. The predicted molar refractivity (Wildman–Crippen MR) is 76.2 cm³/mol. The third-order valence-electron chi connectivity index (χ3n) is 6.05. The summed E-state index contributed by atoms with van der Waals surface area (Å²) < 4.78 is 5.44. The molecule has 5 fully saturated rings. The predicted octanol–water partition coefficient (Wildman–Crippen LogP) is 1.16. The third-order valence-corrected chi connectivity index (χ3v) is 6.05. The number of morpholine rings is 1. The Morgan fingerprint density at radius 3 is 2.40 bits per heavy atom. The van der Waals surface area contributed by atoms with E-state index in [0.29, 0.717) is 29.7 Å². The number of ether oxygens (including phenoxy) is 1. The minimum atomic E-state index is 0.296. The van der Waals surface area contributed by atoms with Gasteiger partial charge in [0.05, 0.1) is 13.2 Å². The lowest BCUT2D eigenvalue weighted by Gasteiger charge is -2.53. The molecule has 0 aromatic rings. The molecule has 4 saturated carbocycles. The molecule has 4 bridgehead atoms. The summed E-state index contributed by atoms with van der Waals surface area (Å²) in [5.41, 5.74) is 0. The van der Waals surface area contributed by atoms with Crippen LogP contribution in [0.25, 0.3) is 0 Å². The van der Waals surface area contributed by atoms with Crippen molar-refractivity contribution >= 4 is 5.91 Å². The minimum absolute atomic E-state index is 0.296. The van der Waals surface area contributed by atoms with Crippen molar-refractivity contribution in [2.45, 2.75) is 38.1 Å². The largest absolute Gasteiger partial charge is 0.378 e. The smallest absolute Gasteiger partial charge is 0.223 e. The molecule has 5 rings (SSSR count). The molecule has 112 valence electrons. The van der Waals surface area contributed by atoms with E-state index in [9.17, 15) is 4.79 Å². The quantitative estimate of drug-likeness (QED) is 0.814. The van der Waals surface area contributed by atoms with Crippen molar-refractivity contribution in [1.82, 2.24) is 10.6 Å². The Hall–Kier alpha value is -0.610. The molecule has 0 aromatic carbocycles. The second-order valence-electron chi connectivity index (χ2n) is 7.43. The van der Waals surface area contributed by atoms with Crippen molar-refractivity contribution in [3.8, 4) is 0 Å². The molecule has 4 aliphatic carbocycles. The molecule has 2 N–H and O–H groups in total. The van der Waals surface area contributed by atoms with E-state index in [4.69, 9.17) is 4.74 Å². The highest BCUT2D eigenvalue weighted by Crippen LogP contribution is 2.56. The topological polar surface area (TPSA) is 50.4 Å². The summed E-state index contributed by atoms with van der Waals surface area (Å²) in [6, 6.07) is 0.296. The molecular weight excluding hydrogens is 252 g/mol. The first kappa shape index (κ1) is 13.1. The van der Waals surface area contributed by atoms with Gasteiger partial charge in [0.25, 0.3) is 0 Å². The molecule has 1 saturated heterocycles. The number of carbonyl (C=O) groups excluding carboxylic acids is 1. The molecule has 4 nitrogen and oxygen atoms in total. The van der Waals surface area contributed by atoms with E-state index in [0.717, 1.165) is 38.1 Å². The van der Waals surface area contributed by atoms with Crippen LogP contribution in [-0.2, 0) is 9.53 Å². The van der Waals surface area contributed by atoms with Gasteiger partial charge in [0.2, 0.25) is 5.91 Å². The monoisotopic (exact) mass is 278 g/mol. The van der Waals surface area contributed by atoms with Crippen molar-refractivity contribution in [2.75, 3.05) is 26.3 Å². The minimum Gasteiger partial charge on any atom is -0.378 e. The van der Waals surface area contributed by atoms with Crippen LogP contribution in [0.2, 0.25) is 0 Å². The molecule has 20 heavy (non-hydrogen) atoms. The first-order valence-electron chi connectivity index (χ1n) is 8.38. The van der Waals surface area contributed by atoms with E-state index in [1.807, 2.05) is 0 Å². The van der Waals surface area contributed by atoms with Gasteiger partial charge in [-0.05, 0) is 55.8 Å². The zero-order valence-corrected chi connectivity index (χ0v) is 12.1. The molecule has 1 atom stereocenters. The van der Waals surface area contributed by atoms with Gasteiger partial charge in [-0.1, -0.05) is 0 Å². The summed E-state index contributed by atoms with van der Waals surface area (Å²) in [6.45, 7) is 3.14. The van der Waals surface area contributed by atoms with Gasteiger partial charge in [-0.3, -0.25) is 4.79 Å². The second kappa shape index (κ2) is 5.30. The van der Waals surface area contributed by atoms with Gasteiger partial charge in [-0.15, -0.1) is 0 Å². The Balaban J connectivity index is 1.34. The molecule has 1 aliphatic heterocycles. The Morgan fingerprint density at radius 2 is 1.80 bits per heavy atom. The van der Waals surface area contributed by atoms with Crippen LogP contribution in [0.3, 0.4) is 0 Å². The van der Waals surface area contributed by atoms with E-state index in [1.54, 1.807) is 0 Å². The average Bonchev–Trinajstić information content (AvgIpc) is 2.45. The number of hydrogen-bond donors (Lipinski definition) is 2. The molecule has 1 heterocycles. The van der Waals surface area contributed by atoms with Crippen molar-refractivity contribution in [1.29, 1.82) is 0 Å².